The molecule has 0 aromatic rings. The number of carbonyl (C=O) groups is 2. The molecule has 0 saturated carbocycles. The summed E-state index contributed by atoms with van der Waals surface area (Å²) >= 11 is 1.86. The molecule has 0 bridgehead atoms. The van der Waals surface area contributed by atoms with E-state index in [2.05, 4.69) is 5.32 Å². The zero-order valence-electron chi connectivity index (χ0n) is 10.2. The molecule has 1 heterocycles. The molecular formula is C11H20N2O2S. The molecule has 0 radical (unpaired) electrons. The SMILES string of the molecule is CC(=O)[C@@H](NC(=O)N1CCSCC1)C(C)C. The first kappa shape index (κ1) is 13.4. The first-order valence-corrected chi connectivity index (χ1v) is 6.81. The van der Waals surface area contributed by atoms with Gasteiger partial charge in [-0.1, -0.05) is 13.8 Å². The summed E-state index contributed by atoms with van der Waals surface area (Å²) in [5, 5.41) is 2.81. The second-order valence-electron chi connectivity index (χ2n) is 4.38. The zero-order valence-corrected chi connectivity index (χ0v) is 11.0. The molecule has 0 unspecified atom stereocenters. The fourth-order valence-corrected chi connectivity index (χ4v) is 2.63. The van der Waals surface area contributed by atoms with Crippen LogP contribution in [0.1, 0.15) is 20.8 Å². The van der Waals surface area contributed by atoms with E-state index in [4.69, 9.17) is 0 Å². The topological polar surface area (TPSA) is 49.4 Å². The minimum atomic E-state index is -0.359. The lowest BCUT2D eigenvalue weighted by Gasteiger charge is -2.29. The van der Waals surface area contributed by atoms with Crippen LogP contribution in [0.2, 0.25) is 0 Å². The lowest BCUT2D eigenvalue weighted by molar-refractivity contribution is -0.119. The van der Waals surface area contributed by atoms with Crippen molar-refractivity contribution in [2.45, 2.75) is 26.8 Å². The van der Waals surface area contributed by atoms with Crippen LogP contribution in [0.15, 0.2) is 0 Å². The van der Waals surface area contributed by atoms with E-state index < -0.39 is 0 Å². The molecular weight excluding hydrogens is 224 g/mol. The third-order valence-corrected chi connectivity index (χ3v) is 3.62. The highest BCUT2D eigenvalue weighted by atomic mass is 32.2. The number of Topliss-reactive ketones (excluding diaryl/α,β-unsaturated/α-hetero) is 1. The van der Waals surface area contributed by atoms with Crippen molar-refractivity contribution in [1.29, 1.82) is 0 Å². The number of ketones is 1. The van der Waals surface area contributed by atoms with Crippen LogP contribution in [-0.2, 0) is 4.79 Å². The highest BCUT2D eigenvalue weighted by Gasteiger charge is 2.24. The van der Waals surface area contributed by atoms with E-state index in [-0.39, 0.29) is 23.8 Å². The summed E-state index contributed by atoms with van der Waals surface area (Å²) in [4.78, 5) is 25.0. The van der Waals surface area contributed by atoms with Crippen LogP contribution < -0.4 is 5.32 Å². The van der Waals surface area contributed by atoms with E-state index in [0.29, 0.717) is 0 Å². The summed E-state index contributed by atoms with van der Waals surface area (Å²) in [7, 11) is 0. The Morgan fingerprint density at radius 2 is 1.81 bits per heavy atom. The lowest BCUT2D eigenvalue weighted by Crippen LogP contribution is -2.51. The van der Waals surface area contributed by atoms with Gasteiger partial charge in [-0.05, 0) is 12.8 Å². The Hall–Kier alpha value is -0.710. The molecule has 16 heavy (non-hydrogen) atoms. The number of urea groups is 1. The summed E-state index contributed by atoms with van der Waals surface area (Å²) in [5.41, 5.74) is 0. The smallest absolute Gasteiger partial charge is 0.318 e. The molecule has 5 heteroatoms. The Balaban J connectivity index is 2.50. The molecule has 1 N–H and O–H groups in total. The van der Waals surface area contributed by atoms with Crippen LogP contribution >= 0.6 is 11.8 Å². The van der Waals surface area contributed by atoms with Crippen LogP contribution in [0.5, 0.6) is 0 Å². The van der Waals surface area contributed by atoms with Crippen molar-refractivity contribution in [3.8, 4) is 0 Å². The van der Waals surface area contributed by atoms with Gasteiger partial charge in [-0.3, -0.25) is 4.79 Å². The molecule has 1 atom stereocenters. The number of nitrogens with one attached hydrogen (secondary N) is 1. The molecule has 1 aliphatic heterocycles. The van der Waals surface area contributed by atoms with E-state index in [1.165, 1.54) is 6.92 Å². The molecule has 2 amide bonds. The van der Waals surface area contributed by atoms with Gasteiger partial charge in [0.15, 0.2) is 5.78 Å². The van der Waals surface area contributed by atoms with Crippen molar-refractivity contribution in [3.05, 3.63) is 0 Å². The van der Waals surface area contributed by atoms with Crippen molar-refractivity contribution in [2.24, 2.45) is 5.92 Å². The van der Waals surface area contributed by atoms with Crippen LogP contribution in [-0.4, -0.2) is 47.4 Å². The number of thioether (sulfide) groups is 1. The molecule has 0 aliphatic carbocycles. The molecule has 0 aromatic carbocycles. The first-order valence-electron chi connectivity index (χ1n) is 5.66. The Kier molecular flexibility index (Phi) is 5.12. The lowest BCUT2D eigenvalue weighted by atomic mass is 10.0. The average molecular weight is 244 g/mol. The number of hydrogen-bond donors (Lipinski definition) is 1. The maximum atomic E-state index is 11.9. The fourth-order valence-electron chi connectivity index (χ4n) is 1.73. The van der Waals surface area contributed by atoms with Gasteiger partial charge in [0, 0.05) is 24.6 Å². The molecule has 0 spiro atoms. The van der Waals surface area contributed by atoms with Crippen molar-refractivity contribution in [2.75, 3.05) is 24.6 Å². The van der Waals surface area contributed by atoms with Gasteiger partial charge in [0.05, 0.1) is 6.04 Å². The van der Waals surface area contributed by atoms with E-state index in [1.54, 1.807) is 4.90 Å². The van der Waals surface area contributed by atoms with Gasteiger partial charge in [0.25, 0.3) is 0 Å². The minimum Gasteiger partial charge on any atom is -0.328 e. The Morgan fingerprint density at radius 1 is 1.25 bits per heavy atom. The quantitative estimate of drug-likeness (QED) is 0.815. The molecule has 1 fully saturated rings. The molecule has 1 aliphatic rings. The van der Waals surface area contributed by atoms with Gasteiger partial charge >= 0.3 is 6.03 Å². The number of rotatable bonds is 3. The fraction of sp³-hybridized carbons (Fsp3) is 0.818. The zero-order chi connectivity index (χ0) is 12.1. The Labute approximate surface area is 101 Å². The summed E-state index contributed by atoms with van der Waals surface area (Å²) < 4.78 is 0. The maximum absolute atomic E-state index is 11.9. The maximum Gasteiger partial charge on any atom is 0.318 e. The largest absolute Gasteiger partial charge is 0.328 e. The van der Waals surface area contributed by atoms with Gasteiger partial charge in [0.2, 0.25) is 0 Å². The van der Waals surface area contributed by atoms with Crippen molar-refractivity contribution >= 4 is 23.6 Å². The van der Waals surface area contributed by atoms with Crippen molar-refractivity contribution in [1.82, 2.24) is 10.2 Å². The predicted molar refractivity (Wildman–Crippen MR) is 66.7 cm³/mol. The van der Waals surface area contributed by atoms with Crippen LogP contribution in [0.3, 0.4) is 0 Å². The first-order chi connectivity index (χ1) is 7.52. The highest BCUT2D eigenvalue weighted by Crippen LogP contribution is 2.10. The van der Waals surface area contributed by atoms with E-state index >= 15 is 0 Å². The van der Waals surface area contributed by atoms with Crippen molar-refractivity contribution in [3.63, 3.8) is 0 Å². The molecule has 0 aromatic heterocycles. The number of carbonyl (C=O) groups excluding carboxylic acids is 2. The second kappa shape index (κ2) is 6.13. The van der Waals surface area contributed by atoms with Crippen LogP contribution in [0.4, 0.5) is 4.79 Å². The Bertz CT molecular complexity index is 263. The standard InChI is InChI=1S/C11H20N2O2S/c1-8(2)10(9(3)14)12-11(15)13-4-6-16-7-5-13/h8,10H,4-7H2,1-3H3,(H,12,15)/t10-/m0/s1. The van der Waals surface area contributed by atoms with E-state index in [0.717, 1.165) is 24.6 Å². The van der Waals surface area contributed by atoms with Gasteiger partial charge in [-0.25, -0.2) is 4.79 Å². The van der Waals surface area contributed by atoms with Gasteiger partial charge in [-0.15, -0.1) is 0 Å². The number of nitrogens with zero attached hydrogens (tertiary/aromatic N) is 1. The predicted octanol–water partition coefficient (Wildman–Crippen LogP) is 1.36. The molecule has 1 rings (SSSR count). The molecule has 92 valence electrons. The third kappa shape index (κ3) is 3.70. The average Bonchev–Trinajstić information content (AvgIpc) is 2.25. The van der Waals surface area contributed by atoms with Gasteiger partial charge in [0.1, 0.15) is 0 Å². The van der Waals surface area contributed by atoms with Crippen LogP contribution in [0, 0.1) is 5.92 Å². The number of amides is 2. The van der Waals surface area contributed by atoms with Crippen LogP contribution in [0.25, 0.3) is 0 Å². The Morgan fingerprint density at radius 3 is 2.25 bits per heavy atom. The second-order valence-corrected chi connectivity index (χ2v) is 5.61. The van der Waals surface area contributed by atoms with Gasteiger partial charge < -0.3 is 10.2 Å². The normalized spacial score (nSPS) is 18.4. The summed E-state index contributed by atoms with van der Waals surface area (Å²) in [6, 6.07) is -0.462. The van der Waals surface area contributed by atoms with Crippen molar-refractivity contribution < 1.29 is 9.59 Å². The van der Waals surface area contributed by atoms with E-state index in [1.807, 2.05) is 25.6 Å². The number of hydrogen-bond acceptors (Lipinski definition) is 3. The third-order valence-electron chi connectivity index (χ3n) is 2.68. The van der Waals surface area contributed by atoms with E-state index in [9.17, 15) is 9.59 Å². The summed E-state index contributed by atoms with van der Waals surface area (Å²) in [6.07, 6.45) is 0. The summed E-state index contributed by atoms with van der Waals surface area (Å²) in [5.74, 6) is 2.13. The summed E-state index contributed by atoms with van der Waals surface area (Å²) in [6.45, 7) is 6.96. The monoisotopic (exact) mass is 244 g/mol. The molecule has 4 nitrogen and oxygen atoms in total. The minimum absolute atomic E-state index is 0.0229. The highest BCUT2D eigenvalue weighted by molar-refractivity contribution is 7.99. The molecule has 1 saturated heterocycles. The van der Waals surface area contributed by atoms with Gasteiger partial charge in [-0.2, -0.15) is 11.8 Å².